The van der Waals surface area contributed by atoms with Gasteiger partial charge >= 0.3 is 0 Å². The first-order valence-electron chi connectivity index (χ1n) is 6.09. The third-order valence-electron chi connectivity index (χ3n) is 2.65. The monoisotopic (exact) mass is 249 g/mol. The van der Waals surface area contributed by atoms with Gasteiger partial charge in [-0.1, -0.05) is 13.3 Å². The average Bonchev–Trinajstić information content (AvgIpc) is 2.42. The Morgan fingerprint density at radius 3 is 2.56 bits per heavy atom. The van der Waals surface area contributed by atoms with Crippen LogP contribution < -0.4 is 4.74 Å². The number of hydrogen-bond acceptors (Lipinski definition) is 3. The topological polar surface area (TPSA) is 46.6 Å². The fraction of sp³-hybridized carbons (Fsp3) is 0.429. The molecule has 1 aromatic rings. The molecule has 0 aliphatic carbocycles. The Kier molecular flexibility index (Phi) is 5.91. The molecule has 0 aliphatic heterocycles. The van der Waals surface area contributed by atoms with Crippen LogP contribution in [0.5, 0.6) is 5.75 Å². The zero-order valence-corrected chi connectivity index (χ0v) is 10.9. The van der Waals surface area contributed by atoms with Gasteiger partial charge in [-0.25, -0.2) is 0 Å². The minimum absolute atomic E-state index is 0.0284. The van der Waals surface area contributed by atoms with Gasteiger partial charge in [0.05, 0.1) is 0 Å². The number of benzene rings is 1. The normalized spacial score (nSPS) is 9.89. The molecule has 98 valence electrons. The van der Waals surface area contributed by atoms with Gasteiger partial charge in [-0.05, 0) is 30.7 Å². The highest BCUT2D eigenvalue weighted by Gasteiger charge is 2.08. The van der Waals surface area contributed by atoms with Crippen molar-refractivity contribution in [3.8, 4) is 5.75 Å². The van der Waals surface area contributed by atoms with Crippen molar-refractivity contribution in [2.24, 2.45) is 0 Å². The molecule has 0 saturated carbocycles. The fourth-order valence-electron chi connectivity index (χ4n) is 1.42. The number of amides is 1. The van der Waals surface area contributed by atoms with Crippen LogP contribution in [0.2, 0.25) is 0 Å². The van der Waals surface area contributed by atoms with Crippen molar-refractivity contribution in [3.05, 3.63) is 29.8 Å². The van der Waals surface area contributed by atoms with Crippen LogP contribution in [0.25, 0.3) is 0 Å². The smallest absolute Gasteiger partial charge is 0.260 e. The van der Waals surface area contributed by atoms with Gasteiger partial charge in [-0.15, -0.1) is 0 Å². The van der Waals surface area contributed by atoms with Crippen LogP contribution in [0.3, 0.4) is 0 Å². The SMILES string of the molecule is CCCCN(C)C(=O)COc1ccc(C=O)cc1. The summed E-state index contributed by atoms with van der Waals surface area (Å²) in [5.74, 6) is 0.556. The zero-order chi connectivity index (χ0) is 13.4. The predicted molar refractivity (Wildman–Crippen MR) is 69.9 cm³/mol. The van der Waals surface area contributed by atoms with Gasteiger partial charge < -0.3 is 9.64 Å². The summed E-state index contributed by atoms with van der Waals surface area (Å²) in [7, 11) is 1.77. The minimum Gasteiger partial charge on any atom is -0.484 e. The van der Waals surface area contributed by atoms with E-state index >= 15 is 0 Å². The fourth-order valence-corrected chi connectivity index (χ4v) is 1.42. The Bertz CT molecular complexity index is 387. The highest BCUT2D eigenvalue weighted by Crippen LogP contribution is 2.11. The number of ether oxygens (including phenoxy) is 1. The van der Waals surface area contributed by atoms with Gasteiger partial charge in [0, 0.05) is 19.2 Å². The van der Waals surface area contributed by atoms with Crippen LogP contribution in [-0.2, 0) is 4.79 Å². The predicted octanol–water partition coefficient (Wildman–Crippen LogP) is 2.14. The molecule has 0 spiro atoms. The van der Waals surface area contributed by atoms with E-state index < -0.39 is 0 Å². The third kappa shape index (κ3) is 4.57. The van der Waals surface area contributed by atoms with Gasteiger partial charge in [-0.3, -0.25) is 9.59 Å². The van der Waals surface area contributed by atoms with Crippen molar-refractivity contribution in [1.82, 2.24) is 4.90 Å². The molecule has 1 rings (SSSR count). The second-order valence-electron chi connectivity index (χ2n) is 4.14. The lowest BCUT2D eigenvalue weighted by Crippen LogP contribution is -2.32. The second-order valence-corrected chi connectivity index (χ2v) is 4.14. The number of nitrogens with zero attached hydrogens (tertiary/aromatic N) is 1. The lowest BCUT2D eigenvalue weighted by atomic mass is 10.2. The minimum atomic E-state index is -0.0390. The van der Waals surface area contributed by atoms with Crippen molar-refractivity contribution in [2.75, 3.05) is 20.2 Å². The van der Waals surface area contributed by atoms with Gasteiger partial charge in [0.15, 0.2) is 6.61 Å². The van der Waals surface area contributed by atoms with E-state index in [0.717, 1.165) is 25.7 Å². The Morgan fingerprint density at radius 1 is 1.33 bits per heavy atom. The first kappa shape index (κ1) is 14.2. The number of hydrogen-bond donors (Lipinski definition) is 0. The summed E-state index contributed by atoms with van der Waals surface area (Å²) < 4.78 is 5.36. The third-order valence-corrected chi connectivity index (χ3v) is 2.65. The van der Waals surface area contributed by atoms with E-state index in [-0.39, 0.29) is 12.5 Å². The van der Waals surface area contributed by atoms with Gasteiger partial charge in [0.2, 0.25) is 0 Å². The summed E-state index contributed by atoms with van der Waals surface area (Å²) in [4.78, 5) is 23.8. The molecule has 0 saturated heterocycles. The molecule has 0 aromatic heterocycles. The number of rotatable bonds is 7. The summed E-state index contributed by atoms with van der Waals surface area (Å²) >= 11 is 0. The number of unbranched alkanes of at least 4 members (excludes halogenated alkanes) is 1. The molecule has 0 N–H and O–H groups in total. The first-order valence-corrected chi connectivity index (χ1v) is 6.09. The molecule has 18 heavy (non-hydrogen) atoms. The van der Waals surface area contributed by atoms with E-state index in [1.807, 2.05) is 0 Å². The molecule has 0 aliphatic rings. The van der Waals surface area contributed by atoms with E-state index in [9.17, 15) is 9.59 Å². The van der Waals surface area contributed by atoms with Crippen molar-refractivity contribution in [1.29, 1.82) is 0 Å². The van der Waals surface area contributed by atoms with Crippen molar-refractivity contribution >= 4 is 12.2 Å². The zero-order valence-electron chi connectivity index (χ0n) is 10.9. The van der Waals surface area contributed by atoms with Crippen LogP contribution in [0.15, 0.2) is 24.3 Å². The van der Waals surface area contributed by atoms with E-state index in [1.54, 1.807) is 36.2 Å². The molecule has 4 heteroatoms. The molecule has 0 atom stereocenters. The molecule has 0 bridgehead atoms. The highest BCUT2D eigenvalue weighted by molar-refractivity contribution is 5.77. The first-order chi connectivity index (χ1) is 8.67. The van der Waals surface area contributed by atoms with Gasteiger partial charge in [0.25, 0.3) is 5.91 Å². The lowest BCUT2D eigenvalue weighted by molar-refractivity contribution is -0.132. The summed E-state index contributed by atoms with van der Waals surface area (Å²) in [6.07, 6.45) is 2.83. The molecule has 1 amide bonds. The number of carbonyl (C=O) groups excluding carboxylic acids is 2. The maximum absolute atomic E-state index is 11.7. The average molecular weight is 249 g/mol. The van der Waals surface area contributed by atoms with E-state index in [1.165, 1.54) is 0 Å². The van der Waals surface area contributed by atoms with Crippen molar-refractivity contribution < 1.29 is 14.3 Å². The maximum atomic E-state index is 11.7. The molecule has 1 aromatic carbocycles. The Balaban J connectivity index is 2.39. The van der Waals surface area contributed by atoms with Crippen molar-refractivity contribution in [3.63, 3.8) is 0 Å². The molecular formula is C14H19NO3. The Labute approximate surface area is 108 Å². The molecule has 0 heterocycles. The summed E-state index contributed by atoms with van der Waals surface area (Å²) in [6.45, 7) is 2.87. The summed E-state index contributed by atoms with van der Waals surface area (Å²) in [6, 6.07) is 6.69. The maximum Gasteiger partial charge on any atom is 0.260 e. The van der Waals surface area contributed by atoms with Crippen LogP contribution in [0.1, 0.15) is 30.1 Å². The van der Waals surface area contributed by atoms with Crippen LogP contribution in [-0.4, -0.2) is 37.3 Å². The Hall–Kier alpha value is -1.84. The standard InChI is InChI=1S/C14H19NO3/c1-3-4-9-15(2)14(17)11-18-13-7-5-12(10-16)6-8-13/h5-8,10H,3-4,9,11H2,1-2H3. The Morgan fingerprint density at radius 2 is 2.00 bits per heavy atom. The van der Waals surface area contributed by atoms with E-state index in [0.29, 0.717) is 11.3 Å². The van der Waals surface area contributed by atoms with E-state index in [4.69, 9.17) is 4.74 Å². The molecule has 0 unspecified atom stereocenters. The highest BCUT2D eigenvalue weighted by atomic mass is 16.5. The lowest BCUT2D eigenvalue weighted by Gasteiger charge is -2.16. The second kappa shape index (κ2) is 7.48. The quantitative estimate of drug-likeness (QED) is 0.695. The van der Waals surface area contributed by atoms with Gasteiger partial charge in [-0.2, -0.15) is 0 Å². The van der Waals surface area contributed by atoms with E-state index in [2.05, 4.69) is 6.92 Å². The molecule has 0 radical (unpaired) electrons. The van der Waals surface area contributed by atoms with Crippen LogP contribution in [0.4, 0.5) is 0 Å². The summed E-state index contributed by atoms with van der Waals surface area (Å²) in [5.41, 5.74) is 0.591. The van der Waals surface area contributed by atoms with Crippen molar-refractivity contribution in [2.45, 2.75) is 19.8 Å². The summed E-state index contributed by atoms with van der Waals surface area (Å²) in [5, 5.41) is 0. The number of aldehydes is 1. The molecular weight excluding hydrogens is 230 g/mol. The van der Waals surface area contributed by atoms with Crippen LogP contribution >= 0.6 is 0 Å². The number of likely N-dealkylation sites (N-methyl/N-ethyl adjacent to an activating group) is 1. The number of carbonyl (C=O) groups is 2. The molecule has 4 nitrogen and oxygen atoms in total. The largest absolute Gasteiger partial charge is 0.484 e. The molecule has 0 fully saturated rings. The van der Waals surface area contributed by atoms with Crippen LogP contribution in [0, 0.1) is 0 Å². The van der Waals surface area contributed by atoms with Gasteiger partial charge in [0.1, 0.15) is 12.0 Å².